The van der Waals surface area contributed by atoms with Gasteiger partial charge in [0.25, 0.3) is 17.7 Å². The molecule has 4 aromatic carbocycles. The van der Waals surface area contributed by atoms with E-state index in [4.69, 9.17) is 9.47 Å². The van der Waals surface area contributed by atoms with Crippen LogP contribution in [0.5, 0.6) is 11.5 Å². The number of amides is 5. The maximum atomic E-state index is 13.4. The van der Waals surface area contributed by atoms with Gasteiger partial charge in [-0.3, -0.25) is 19.7 Å². The summed E-state index contributed by atoms with van der Waals surface area (Å²) in [6.07, 6.45) is 1.34. The molecule has 9 nitrogen and oxygen atoms in total. The number of hydrogen-bond donors (Lipinski definition) is 2. The zero-order valence-corrected chi connectivity index (χ0v) is 22.7. The lowest BCUT2D eigenvalue weighted by molar-refractivity contribution is -0.122. The number of nitrogens with one attached hydrogen (secondary N) is 2. The Morgan fingerprint density at radius 1 is 0.833 bits per heavy atom. The van der Waals surface area contributed by atoms with Crippen LogP contribution in [-0.2, 0) is 21.0 Å². The Morgan fingerprint density at radius 2 is 1.52 bits per heavy atom. The van der Waals surface area contributed by atoms with Crippen molar-refractivity contribution in [1.29, 1.82) is 0 Å². The predicted octanol–water partition coefficient (Wildman–Crippen LogP) is 5.26. The van der Waals surface area contributed by atoms with E-state index in [2.05, 4.69) is 10.6 Å². The second kappa shape index (κ2) is 12.6. The van der Waals surface area contributed by atoms with E-state index in [1.54, 1.807) is 54.6 Å². The normalized spacial score (nSPS) is 14.0. The summed E-state index contributed by atoms with van der Waals surface area (Å²) < 4.78 is 11.5. The van der Waals surface area contributed by atoms with Crippen LogP contribution in [0.2, 0.25) is 0 Å². The van der Waals surface area contributed by atoms with Crippen LogP contribution in [0.4, 0.5) is 16.2 Å². The van der Waals surface area contributed by atoms with E-state index in [1.807, 2.05) is 55.5 Å². The second-order valence-electron chi connectivity index (χ2n) is 9.42. The molecule has 0 atom stereocenters. The second-order valence-corrected chi connectivity index (χ2v) is 9.42. The van der Waals surface area contributed by atoms with Gasteiger partial charge in [-0.2, -0.15) is 0 Å². The molecular formula is C33H27N3O6. The molecule has 0 aliphatic carbocycles. The molecule has 42 heavy (non-hydrogen) atoms. The van der Waals surface area contributed by atoms with E-state index >= 15 is 0 Å². The van der Waals surface area contributed by atoms with Gasteiger partial charge in [0.15, 0.2) is 6.61 Å². The van der Waals surface area contributed by atoms with Crippen LogP contribution in [0.3, 0.4) is 0 Å². The molecule has 5 amide bonds. The molecule has 1 aliphatic heterocycles. The van der Waals surface area contributed by atoms with Gasteiger partial charge in [-0.25, -0.2) is 9.69 Å². The lowest BCUT2D eigenvalue weighted by atomic mass is 10.1. The standard InChI is InChI=1S/C33H27N3O6/c1-22-9-5-7-13-28(22)34-30(37)21-42-29-14-8-6-12-24(29)19-27-31(38)35-33(40)36(32(27)39)25-15-17-26(18-16-25)41-20-23-10-3-2-4-11-23/h2-19H,20-21H2,1H3,(H,34,37)(H,35,38,40)/b27-19-. The molecule has 1 heterocycles. The Bertz CT molecular complexity index is 1660. The maximum absolute atomic E-state index is 13.4. The highest BCUT2D eigenvalue weighted by atomic mass is 16.5. The summed E-state index contributed by atoms with van der Waals surface area (Å²) in [5.74, 6) is -1.16. The number of anilines is 2. The topological polar surface area (TPSA) is 114 Å². The van der Waals surface area contributed by atoms with Crippen molar-refractivity contribution in [1.82, 2.24) is 5.32 Å². The molecule has 0 spiro atoms. The largest absolute Gasteiger partial charge is 0.489 e. The molecule has 0 aromatic heterocycles. The number of benzene rings is 4. The quantitative estimate of drug-likeness (QED) is 0.213. The van der Waals surface area contributed by atoms with Gasteiger partial charge >= 0.3 is 6.03 Å². The van der Waals surface area contributed by atoms with E-state index < -0.39 is 17.8 Å². The molecule has 0 unspecified atom stereocenters. The monoisotopic (exact) mass is 561 g/mol. The molecule has 2 N–H and O–H groups in total. The summed E-state index contributed by atoms with van der Waals surface area (Å²) in [4.78, 5) is 52.2. The van der Waals surface area contributed by atoms with Gasteiger partial charge in [0, 0.05) is 11.3 Å². The number of carbonyl (C=O) groups excluding carboxylic acids is 4. The van der Waals surface area contributed by atoms with Crippen molar-refractivity contribution in [3.8, 4) is 11.5 Å². The van der Waals surface area contributed by atoms with Gasteiger partial charge in [-0.05, 0) is 60.5 Å². The molecule has 4 aromatic rings. The number of imide groups is 2. The molecule has 0 bridgehead atoms. The van der Waals surface area contributed by atoms with Gasteiger partial charge in [-0.15, -0.1) is 0 Å². The third kappa shape index (κ3) is 6.53. The lowest BCUT2D eigenvalue weighted by Crippen LogP contribution is -2.54. The summed E-state index contributed by atoms with van der Waals surface area (Å²) in [7, 11) is 0. The van der Waals surface area contributed by atoms with E-state index in [0.29, 0.717) is 23.6 Å². The lowest BCUT2D eigenvalue weighted by Gasteiger charge is -2.26. The average molecular weight is 562 g/mol. The fourth-order valence-corrected chi connectivity index (χ4v) is 4.25. The molecule has 1 aliphatic rings. The number of ether oxygens (including phenoxy) is 2. The molecule has 0 radical (unpaired) electrons. The number of carbonyl (C=O) groups is 4. The first-order chi connectivity index (χ1) is 20.4. The Kier molecular flexibility index (Phi) is 8.39. The van der Waals surface area contributed by atoms with Crippen LogP contribution in [0.1, 0.15) is 16.7 Å². The molecular weight excluding hydrogens is 534 g/mol. The number of barbiturate groups is 1. The van der Waals surface area contributed by atoms with Crippen LogP contribution in [-0.4, -0.2) is 30.4 Å². The van der Waals surface area contributed by atoms with Gasteiger partial charge in [-0.1, -0.05) is 66.7 Å². The molecule has 5 rings (SSSR count). The Labute approximate surface area is 242 Å². The summed E-state index contributed by atoms with van der Waals surface area (Å²) in [5, 5.41) is 5.01. The summed E-state index contributed by atoms with van der Waals surface area (Å²) >= 11 is 0. The van der Waals surface area contributed by atoms with Crippen molar-refractivity contribution in [3.63, 3.8) is 0 Å². The van der Waals surface area contributed by atoms with E-state index in [-0.39, 0.29) is 29.5 Å². The molecule has 210 valence electrons. The van der Waals surface area contributed by atoms with E-state index in [0.717, 1.165) is 16.0 Å². The Hall–Kier alpha value is -5.70. The van der Waals surface area contributed by atoms with Gasteiger partial charge in [0.05, 0.1) is 5.69 Å². The molecule has 1 fully saturated rings. The first kappa shape index (κ1) is 27.9. The van der Waals surface area contributed by atoms with Crippen molar-refractivity contribution < 1.29 is 28.7 Å². The van der Waals surface area contributed by atoms with Crippen LogP contribution in [0.15, 0.2) is 109 Å². The minimum absolute atomic E-state index is 0.264. The predicted molar refractivity (Wildman–Crippen MR) is 158 cm³/mol. The van der Waals surface area contributed by atoms with Gasteiger partial charge in [0.2, 0.25) is 0 Å². The summed E-state index contributed by atoms with van der Waals surface area (Å²) in [6, 6.07) is 29.2. The molecule has 1 saturated heterocycles. The minimum atomic E-state index is -0.863. The Morgan fingerprint density at radius 3 is 2.29 bits per heavy atom. The number of para-hydroxylation sites is 2. The number of aryl methyl sites for hydroxylation is 1. The van der Waals surface area contributed by atoms with E-state index in [9.17, 15) is 19.2 Å². The summed E-state index contributed by atoms with van der Waals surface area (Å²) in [5.41, 5.74) is 2.97. The SMILES string of the molecule is Cc1ccccc1NC(=O)COc1ccccc1/C=C1/C(=O)NC(=O)N(c2ccc(OCc3ccccc3)cc2)C1=O. The number of rotatable bonds is 9. The third-order valence-corrected chi connectivity index (χ3v) is 6.44. The average Bonchev–Trinajstić information content (AvgIpc) is 3.00. The van der Waals surface area contributed by atoms with Crippen LogP contribution in [0.25, 0.3) is 6.08 Å². The van der Waals surface area contributed by atoms with Crippen molar-refractivity contribution in [3.05, 3.63) is 125 Å². The number of nitrogens with zero attached hydrogens (tertiary/aromatic N) is 1. The van der Waals surface area contributed by atoms with Crippen molar-refractivity contribution in [2.45, 2.75) is 13.5 Å². The smallest absolute Gasteiger partial charge is 0.335 e. The van der Waals surface area contributed by atoms with Gasteiger partial charge in [0.1, 0.15) is 23.7 Å². The first-order valence-corrected chi connectivity index (χ1v) is 13.1. The fourth-order valence-electron chi connectivity index (χ4n) is 4.25. The van der Waals surface area contributed by atoms with E-state index in [1.165, 1.54) is 6.08 Å². The van der Waals surface area contributed by atoms with Crippen molar-refractivity contribution in [2.24, 2.45) is 0 Å². The number of hydrogen-bond acceptors (Lipinski definition) is 6. The van der Waals surface area contributed by atoms with Crippen LogP contribution in [0, 0.1) is 6.92 Å². The van der Waals surface area contributed by atoms with Crippen molar-refractivity contribution in [2.75, 3.05) is 16.8 Å². The van der Waals surface area contributed by atoms with Crippen LogP contribution >= 0.6 is 0 Å². The maximum Gasteiger partial charge on any atom is 0.335 e. The molecule has 0 saturated carbocycles. The fraction of sp³-hybridized carbons (Fsp3) is 0.0909. The van der Waals surface area contributed by atoms with Crippen molar-refractivity contribution >= 4 is 41.2 Å². The third-order valence-electron chi connectivity index (χ3n) is 6.44. The highest BCUT2D eigenvalue weighted by Crippen LogP contribution is 2.27. The van der Waals surface area contributed by atoms with Gasteiger partial charge < -0.3 is 14.8 Å². The minimum Gasteiger partial charge on any atom is -0.489 e. The molecule has 9 heteroatoms. The highest BCUT2D eigenvalue weighted by Gasteiger charge is 2.37. The zero-order chi connectivity index (χ0) is 29.5. The Balaban J connectivity index is 1.30. The highest BCUT2D eigenvalue weighted by molar-refractivity contribution is 6.39. The first-order valence-electron chi connectivity index (χ1n) is 13.1. The van der Waals surface area contributed by atoms with Crippen LogP contribution < -0.4 is 25.0 Å². The number of urea groups is 1. The zero-order valence-electron chi connectivity index (χ0n) is 22.7. The summed E-state index contributed by atoms with van der Waals surface area (Å²) in [6.45, 7) is 1.95.